The SMILES string of the molecule is Cc1nn(C)c(C)c1CCNC(=O)c1ccccc1Br. The van der Waals surface area contributed by atoms with Gasteiger partial charge in [-0.25, -0.2) is 0 Å². The molecule has 2 rings (SSSR count). The van der Waals surface area contributed by atoms with Gasteiger partial charge < -0.3 is 5.32 Å². The van der Waals surface area contributed by atoms with E-state index in [1.807, 2.05) is 43.8 Å². The molecule has 1 aromatic heterocycles. The van der Waals surface area contributed by atoms with Crippen LogP contribution in [0.1, 0.15) is 27.3 Å². The van der Waals surface area contributed by atoms with Crippen LogP contribution in [0.5, 0.6) is 0 Å². The molecule has 0 fully saturated rings. The summed E-state index contributed by atoms with van der Waals surface area (Å²) in [5.74, 6) is -0.0586. The fourth-order valence-corrected chi connectivity index (χ4v) is 2.69. The first-order chi connectivity index (χ1) is 9.50. The Morgan fingerprint density at radius 2 is 2.05 bits per heavy atom. The second-order valence-corrected chi connectivity index (χ2v) is 5.61. The minimum absolute atomic E-state index is 0.0586. The standard InChI is InChI=1S/C15H18BrN3O/c1-10-12(11(2)19(3)18-10)8-9-17-15(20)13-6-4-5-7-14(13)16/h4-7H,8-9H2,1-3H3,(H,17,20). The second kappa shape index (κ2) is 6.22. The van der Waals surface area contributed by atoms with Gasteiger partial charge in [0, 0.05) is 23.8 Å². The third kappa shape index (κ3) is 3.10. The predicted molar refractivity (Wildman–Crippen MR) is 82.9 cm³/mol. The molecular weight excluding hydrogens is 318 g/mol. The molecule has 0 bridgehead atoms. The quantitative estimate of drug-likeness (QED) is 0.933. The molecule has 1 aromatic carbocycles. The average molecular weight is 336 g/mol. The van der Waals surface area contributed by atoms with Gasteiger partial charge in [-0.1, -0.05) is 12.1 Å². The van der Waals surface area contributed by atoms with E-state index in [9.17, 15) is 4.79 Å². The molecule has 0 aliphatic carbocycles. The van der Waals surface area contributed by atoms with Crippen LogP contribution in [0.4, 0.5) is 0 Å². The summed E-state index contributed by atoms with van der Waals surface area (Å²) >= 11 is 3.39. The Labute approximate surface area is 127 Å². The first-order valence-electron chi connectivity index (χ1n) is 6.52. The maximum Gasteiger partial charge on any atom is 0.252 e. The molecule has 0 spiro atoms. The molecule has 2 aromatic rings. The molecule has 0 saturated heterocycles. The number of nitrogens with one attached hydrogen (secondary N) is 1. The fourth-order valence-electron chi connectivity index (χ4n) is 2.22. The van der Waals surface area contributed by atoms with E-state index in [4.69, 9.17) is 0 Å². The van der Waals surface area contributed by atoms with Crippen LogP contribution >= 0.6 is 15.9 Å². The lowest BCUT2D eigenvalue weighted by Crippen LogP contribution is -2.26. The number of aryl methyl sites for hydroxylation is 2. The van der Waals surface area contributed by atoms with Crippen molar-refractivity contribution in [3.05, 3.63) is 51.3 Å². The van der Waals surface area contributed by atoms with Gasteiger partial charge >= 0.3 is 0 Å². The molecule has 4 nitrogen and oxygen atoms in total. The largest absolute Gasteiger partial charge is 0.352 e. The third-order valence-electron chi connectivity index (χ3n) is 3.44. The van der Waals surface area contributed by atoms with Crippen molar-refractivity contribution in [2.24, 2.45) is 7.05 Å². The third-order valence-corrected chi connectivity index (χ3v) is 4.13. The molecule has 1 amide bonds. The van der Waals surface area contributed by atoms with Gasteiger partial charge in [0.15, 0.2) is 0 Å². The van der Waals surface area contributed by atoms with Crippen LogP contribution in [0, 0.1) is 13.8 Å². The molecule has 0 radical (unpaired) electrons. The van der Waals surface area contributed by atoms with E-state index >= 15 is 0 Å². The Hall–Kier alpha value is -1.62. The molecule has 106 valence electrons. The minimum Gasteiger partial charge on any atom is -0.352 e. The Morgan fingerprint density at radius 1 is 1.35 bits per heavy atom. The topological polar surface area (TPSA) is 46.9 Å². The molecule has 1 heterocycles. The molecule has 20 heavy (non-hydrogen) atoms. The van der Waals surface area contributed by atoms with Crippen LogP contribution in [-0.2, 0) is 13.5 Å². The first-order valence-corrected chi connectivity index (χ1v) is 7.31. The van der Waals surface area contributed by atoms with Gasteiger partial charge in [0.25, 0.3) is 5.91 Å². The molecular formula is C15H18BrN3O. The highest BCUT2D eigenvalue weighted by Crippen LogP contribution is 2.16. The summed E-state index contributed by atoms with van der Waals surface area (Å²) in [6.45, 7) is 4.65. The van der Waals surface area contributed by atoms with Crippen LogP contribution in [0.15, 0.2) is 28.7 Å². The van der Waals surface area contributed by atoms with Crippen LogP contribution in [-0.4, -0.2) is 22.2 Å². The molecule has 0 atom stereocenters. The average Bonchev–Trinajstić information content (AvgIpc) is 2.65. The normalized spacial score (nSPS) is 10.6. The number of hydrogen-bond donors (Lipinski definition) is 1. The first kappa shape index (κ1) is 14.8. The van der Waals surface area contributed by atoms with E-state index in [2.05, 4.69) is 26.3 Å². The van der Waals surface area contributed by atoms with Crippen molar-refractivity contribution < 1.29 is 4.79 Å². The summed E-state index contributed by atoms with van der Waals surface area (Å²) in [7, 11) is 1.94. The van der Waals surface area contributed by atoms with E-state index in [1.165, 1.54) is 5.56 Å². The highest BCUT2D eigenvalue weighted by atomic mass is 79.9. The van der Waals surface area contributed by atoms with Crippen molar-refractivity contribution in [3.8, 4) is 0 Å². The predicted octanol–water partition coefficient (Wildman–Crippen LogP) is 2.77. The number of benzene rings is 1. The number of halogens is 1. The van der Waals surface area contributed by atoms with E-state index in [0.29, 0.717) is 12.1 Å². The van der Waals surface area contributed by atoms with Crippen LogP contribution in [0.2, 0.25) is 0 Å². The number of aromatic nitrogens is 2. The maximum atomic E-state index is 12.1. The minimum atomic E-state index is -0.0586. The molecule has 0 aliphatic rings. The van der Waals surface area contributed by atoms with Gasteiger partial charge in [0.05, 0.1) is 11.3 Å². The lowest BCUT2D eigenvalue weighted by atomic mass is 10.1. The maximum absolute atomic E-state index is 12.1. The van der Waals surface area contributed by atoms with Gasteiger partial charge in [0.1, 0.15) is 0 Å². The van der Waals surface area contributed by atoms with Crippen molar-refractivity contribution in [2.45, 2.75) is 20.3 Å². The van der Waals surface area contributed by atoms with Crippen molar-refractivity contribution in [3.63, 3.8) is 0 Å². The Balaban J connectivity index is 1.97. The van der Waals surface area contributed by atoms with Crippen molar-refractivity contribution >= 4 is 21.8 Å². The molecule has 0 aliphatic heterocycles. The van der Waals surface area contributed by atoms with Crippen molar-refractivity contribution in [2.75, 3.05) is 6.54 Å². The molecule has 5 heteroatoms. The van der Waals surface area contributed by atoms with Gasteiger partial charge in [-0.3, -0.25) is 9.48 Å². The van der Waals surface area contributed by atoms with Crippen molar-refractivity contribution in [1.82, 2.24) is 15.1 Å². The lowest BCUT2D eigenvalue weighted by Gasteiger charge is -2.07. The molecule has 0 unspecified atom stereocenters. The van der Waals surface area contributed by atoms with E-state index in [0.717, 1.165) is 22.3 Å². The van der Waals surface area contributed by atoms with Crippen LogP contribution in [0.3, 0.4) is 0 Å². The molecule has 1 N–H and O–H groups in total. The number of rotatable bonds is 4. The van der Waals surface area contributed by atoms with Crippen LogP contribution in [0.25, 0.3) is 0 Å². The second-order valence-electron chi connectivity index (χ2n) is 4.76. The highest BCUT2D eigenvalue weighted by molar-refractivity contribution is 9.10. The number of hydrogen-bond acceptors (Lipinski definition) is 2. The summed E-state index contributed by atoms with van der Waals surface area (Å²) in [5.41, 5.74) is 4.05. The number of nitrogens with zero attached hydrogens (tertiary/aromatic N) is 2. The van der Waals surface area contributed by atoms with E-state index in [1.54, 1.807) is 6.07 Å². The summed E-state index contributed by atoms with van der Waals surface area (Å²) < 4.78 is 2.69. The smallest absolute Gasteiger partial charge is 0.252 e. The Kier molecular flexibility index (Phi) is 4.60. The van der Waals surface area contributed by atoms with Gasteiger partial charge in [-0.15, -0.1) is 0 Å². The van der Waals surface area contributed by atoms with Crippen LogP contribution < -0.4 is 5.32 Å². The Bertz CT molecular complexity index is 634. The Morgan fingerprint density at radius 3 is 2.65 bits per heavy atom. The van der Waals surface area contributed by atoms with Gasteiger partial charge in [0.2, 0.25) is 0 Å². The molecule has 0 saturated carbocycles. The van der Waals surface area contributed by atoms with Gasteiger partial charge in [-0.2, -0.15) is 5.10 Å². The monoisotopic (exact) mass is 335 g/mol. The fraction of sp³-hybridized carbons (Fsp3) is 0.333. The number of carbonyl (C=O) groups is 1. The number of carbonyl (C=O) groups excluding carboxylic acids is 1. The zero-order chi connectivity index (χ0) is 14.7. The highest BCUT2D eigenvalue weighted by Gasteiger charge is 2.11. The lowest BCUT2D eigenvalue weighted by molar-refractivity contribution is 0.0953. The summed E-state index contributed by atoms with van der Waals surface area (Å²) in [4.78, 5) is 12.1. The van der Waals surface area contributed by atoms with E-state index < -0.39 is 0 Å². The van der Waals surface area contributed by atoms with E-state index in [-0.39, 0.29) is 5.91 Å². The van der Waals surface area contributed by atoms with Gasteiger partial charge in [-0.05, 0) is 53.9 Å². The number of amides is 1. The summed E-state index contributed by atoms with van der Waals surface area (Å²) in [6.07, 6.45) is 0.793. The summed E-state index contributed by atoms with van der Waals surface area (Å²) in [5, 5.41) is 7.32. The zero-order valence-electron chi connectivity index (χ0n) is 11.9. The zero-order valence-corrected chi connectivity index (χ0v) is 13.5. The van der Waals surface area contributed by atoms with Crippen molar-refractivity contribution in [1.29, 1.82) is 0 Å². The summed E-state index contributed by atoms with van der Waals surface area (Å²) in [6, 6.07) is 7.42.